The predicted octanol–water partition coefficient (Wildman–Crippen LogP) is 1.19. The quantitative estimate of drug-likeness (QED) is 0.709. The van der Waals surface area contributed by atoms with Crippen molar-refractivity contribution in [2.45, 2.75) is 25.8 Å². The predicted molar refractivity (Wildman–Crippen MR) is 48.7 cm³/mol. The van der Waals surface area contributed by atoms with Crippen LogP contribution in [-0.2, 0) is 6.42 Å². The van der Waals surface area contributed by atoms with E-state index in [1.807, 2.05) is 12.1 Å². The van der Waals surface area contributed by atoms with E-state index in [9.17, 15) is 0 Å². The highest BCUT2D eigenvalue weighted by Crippen LogP contribution is 2.16. The van der Waals surface area contributed by atoms with Crippen molar-refractivity contribution in [3.05, 3.63) is 23.7 Å². The fourth-order valence-corrected chi connectivity index (χ4v) is 1.11. The average Bonchev–Trinajstić information content (AvgIpc) is 2.52. The summed E-state index contributed by atoms with van der Waals surface area (Å²) in [5.41, 5.74) is 11.2. The van der Waals surface area contributed by atoms with Crippen molar-refractivity contribution in [2.75, 3.05) is 6.54 Å². The van der Waals surface area contributed by atoms with E-state index in [1.54, 1.807) is 0 Å². The highest BCUT2D eigenvalue weighted by atomic mass is 16.3. The van der Waals surface area contributed by atoms with Crippen LogP contribution in [0.1, 0.15) is 30.9 Å². The van der Waals surface area contributed by atoms with Crippen LogP contribution in [0.2, 0.25) is 0 Å². The molecule has 68 valence electrons. The number of hydrogen-bond donors (Lipinski definition) is 2. The van der Waals surface area contributed by atoms with Crippen molar-refractivity contribution in [3.63, 3.8) is 0 Å². The Morgan fingerprint density at radius 1 is 1.50 bits per heavy atom. The Hall–Kier alpha value is -0.800. The maximum Gasteiger partial charge on any atom is 0.120 e. The Labute approximate surface area is 72.7 Å². The maximum absolute atomic E-state index is 5.80. The molecule has 1 heterocycles. The number of hydrogen-bond acceptors (Lipinski definition) is 3. The molecular weight excluding hydrogens is 152 g/mol. The molecule has 0 saturated heterocycles. The summed E-state index contributed by atoms with van der Waals surface area (Å²) in [6.45, 7) is 2.65. The smallest absolute Gasteiger partial charge is 0.120 e. The lowest BCUT2D eigenvalue weighted by Gasteiger charge is -2.05. The van der Waals surface area contributed by atoms with Crippen LogP contribution in [0.4, 0.5) is 0 Å². The minimum absolute atomic E-state index is 0.0460. The van der Waals surface area contributed by atoms with Crippen molar-refractivity contribution in [1.29, 1.82) is 0 Å². The fourth-order valence-electron chi connectivity index (χ4n) is 1.11. The molecule has 0 aliphatic rings. The summed E-state index contributed by atoms with van der Waals surface area (Å²) in [4.78, 5) is 0. The van der Waals surface area contributed by atoms with Gasteiger partial charge in [-0.2, -0.15) is 0 Å². The third-order valence-electron chi connectivity index (χ3n) is 1.87. The highest BCUT2D eigenvalue weighted by molar-refractivity contribution is 5.10. The molecule has 0 saturated carbocycles. The Morgan fingerprint density at radius 3 is 2.75 bits per heavy atom. The first-order valence-electron chi connectivity index (χ1n) is 4.32. The van der Waals surface area contributed by atoms with E-state index in [0.717, 1.165) is 24.4 Å². The minimum atomic E-state index is -0.0460. The lowest BCUT2D eigenvalue weighted by Crippen LogP contribution is -2.14. The zero-order chi connectivity index (χ0) is 8.97. The van der Waals surface area contributed by atoms with E-state index in [0.29, 0.717) is 6.54 Å². The van der Waals surface area contributed by atoms with Crippen LogP contribution in [0, 0.1) is 0 Å². The standard InChI is InChI=1S/C9H16N2O/c1-2-7-3-4-9(12-7)8(11)5-6-10/h3-4,8H,2,5-6,10-11H2,1H3/t8-/m0/s1. The maximum atomic E-state index is 5.80. The lowest BCUT2D eigenvalue weighted by atomic mass is 10.2. The molecule has 3 nitrogen and oxygen atoms in total. The third-order valence-corrected chi connectivity index (χ3v) is 1.87. The van der Waals surface area contributed by atoms with E-state index in [2.05, 4.69) is 6.92 Å². The second-order valence-corrected chi connectivity index (χ2v) is 2.84. The molecule has 0 aliphatic carbocycles. The van der Waals surface area contributed by atoms with Gasteiger partial charge in [-0.25, -0.2) is 0 Å². The normalized spacial score (nSPS) is 13.2. The summed E-state index contributed by atoms with van der Waals surface area (Å²) < 4.78 is 5.47. The Kier molecular flexibility index (Phi) is 3.31. The molecule has 0 unspecified atom stereocenters. The molecule has 12 heavy (non-hydrogen) atoms. The van der Waals surface area contributed by atoms with Gasteiger partial charge >= 0.3 is 0 Å². The monoisotopic (exact) mass is 168 g/mol. The van der Waals surface area contributed by atoms with E-state index in [-0.39, 0.29) is 6.04 Å². The molecule has 0 radical (unpaired) electrons. The summed E-state index contributed by atoms with van der Waals surface area (Å²) in [5.74, 6) is 1.83. The van der Waals surface area contributed by atoms with Crippen LogP contribution >= 0.6 is 0 Å². The van der Waals surface area contributed by atoms with Crippen LogP contribution in [0.5, 0.6) is 0 Å². The number of nitrogens with two attached hydrogens (primary N) is 2. The summed E-state index contributed by atoms with van der Waals surface area (Å²) >= 11 is 0. The first-order chi connectivity index (χ1) is 5.77. The van der Waals surface area contributed by atoms with Gasteiger partial charge in [0.05, 0.1) is 6.04 Å². The summed E-state index contributed by atoms with van der Waals surface area (Å²) in [7, 11) is 0. The van der Waals surface area contributed by atoms with Crippen molar-refractivity contribution >= 4 is 0 Å². The molecule has 0 spiro atoms. The first-order valence-corrected chi connectivity index (χ1v) is 4.32. The molecule has 0 fully saturated rings. The van der Waals surface area contributed by atoms with Crippen LogP contribution in [0.25, 0.3) is 0 Å². The van der Waals surface area contributed by atoms with E-state index >= 15 is 0 Å². The van der Waals surface area contributed by atoms with Gasteiger partial charge in [0, 0.05) is 6.42 Å². The third kappa shape index (κ3) is 2.09. The SMILES string of the molecule is CCc1ccc([C@@H](N)CCN)o1. The largest absolute Gasteiger partial charge is 0.464 e. The molecule has 0 bridgehead atoms. The molecule has 4 N–H and O–H groups in total. The molecule has 1 aromatic rings. The summed E-state index contributed by atoms with van der Waals surface area (Å²) in [5, 5.41) is 0. The molecule has 0 aromatic carbocycles. The van der Waals surface area contributed by atoms with Gasteiger partial charge in [-0.3, -0.25) is 0 Å². The number of aryl methyl sites for hydroxylation is 1. The number of rotatable bonds is 4. The van der Waals surface area contributed by atoms with Crippen molar-refractivity contribution in [2.24, 2.45) is 11.5 Å². The summed E-state index contributed by atoms with van der Waals surface area (Å²) in [6, 6.07) is 3.85. The fraction of sp³-hybridized carbons (Fsp3) is 0.556. The minimum Gasteiger partial charge on any atom is -0.464 e. The molecular formula is C9H16N2O. The average molecular weight is 168 g/mol. The van der Waals surface area contributed by atoms with Crippen LogP contribution < -0.4 is 11.5 Å². The first kappa shape index (κ1) is 9.29. The van der Waals surface area contributed by atoms with Crippen LogP contribution in [-0.4, -0.2) is 6.54 Å². The van der Waals surface area contributed by atoms with Gasteiger partial charge in [-0.15, -0.1) is 0 Å². The molecule has 1 aromatic heterocycles. The zero-order valence-electron chi connectivity index (χ0n) is 7.42. The second kappa shape index (κ2) is 4.28. The van der Waals surface area contributed by atoms with Gasteiger partial charge in [0.15, 0.2) is 0 Å². The van der Waals surface area contributed by atoms with Crippen molar-refractivity contribution in [1.82, 2.24) is 0 Å². The van der Waals surface area contributed by atoms with Gasteiger partial charge in [0.25, 0.3) is 0 Å². The Balaban J connectivity index is 2.61. The second-order valence-electron chi connectivity index (χ2n) is 2.84. The van der Waals surface area contributed by atoms with Crippen LogP contribution in [0.15, 0.2) is 16.5 Å². The molecule has 0 amide bonds. The molecule has 1 atom stereocenters. The summed E-state index contributed by atoms with van der Waals surface area (Å²) in [6.07, 6.45) is 1.69. The van der Waals surface area contributed by atoms with E-state index < -0.39 is 0 Å². The Bertz CT molecular complexity index is 232. The van der Waals surface area contributed by atoms with Crippen molar-refractivity contribution in [3.8, 4) is 0 Å². The van der Waals surface area contributed by atoms with Gasteiger partial charge in [0.1, 0.15) is 11.5 Å². The molecule has 0 aliphatic heterocycles. The number of furan rings is 1. The van der Waals surface area contributed by atoms with Gasteiger partial charge in [-0.05, 0) is 25.1 Å². The van der Waals surface area contributed by atoms with Crippen LogP contribution in [0.3, 0.4) is 0 Å². The Morgan fingerprint density at radius 2 is 2.25 bits per heavy atom. The zero-order valence-corrected chi connectivity index (χ0v) is 7.42. The van der Waals surface area contributed by atoms with E-state index in [1.165, 1.54) is 0 Å². The van der Waals surface area contributed by atoms with Gasteiger partial charge in [0.2, 0.25) is 0 Å². The van der Waals surface area contributed by atoms with E-state index in [4.69, 9.17) is 15.9 Å². The topological polar surface area (TPSA) is 65.2 Å². The highest BCUT2D eigenvalue weighted by Gasteiger charge is 2.08. The molecule has 1 rings (SSSR count). The van der Waals surface area contributed by atoms with Gasteiger partial charge < -0.3 is 15.9 Å². The van der Waals surface area contributed by atoms with Crippen molar-refractivity contribution < 1.29 is 4.42 Å². The molecule has 3 heteroatoms. The lowest BCUT2D eigenvalue weighted by molar-refractivity contribution is 0.427. The van der Waals surface area contributed by atoms with Gasteiger partial charge in [-0.1, -0.05) is 6.92 Å².